The van der Waals surface area contributed by atoms with Crippen molar-refractivity contribution in [3.63, 3.8) is 0 Å². The number of anilines is 1. The zero-order valence-corrected chi connectivity index (χ0v) is 12.3. The van der Waals surface area contributed by atoms with Crippen molar-refractivity contribution >= 4 is 16.6 Å². The summed E-state index contributed by atoms with van der Waals surface area (Å²) in [6, 6.07) is 7.38. The van der Waals surface area contributed by atoms with Crippen LogP contribution in [0.4, 0.5) is 5.69 Å². The summed E-state index contributed by atoms with van der Waals surface area (Å²) in [7, 11) is 0. The van der Waals surface area contributed by atoms with Gasteiger partial charge in [0, 0.05) is 29.9 Å². The first-order chi connectivity index (χ1) is 9.08. The Morgan fingerprint density at radius 2 is 1.95 bits per heavy atom. The minimum atomic E-state index is 0.539. The number of hydrogen-bond donors (Lipinski definition) is 0. The SMILES string of the molecule is CC(C)c1ccnc2cc3c(cc12)N(C(C)C)CC3. The molecule has 0 fully saturated rings. The second kappa shape index (κ2) is 4.52. The van der Waals surface area contributed by atoms with Gasteiger partial charge in [0.1, 0.15) is 0 Å². The number of rotatable bonds is 2. The monoisotopic (exact) mass is 254 g/mol. The Kier molecular flexibility index (Phi) is 2.96. The average Bonchev–Trinajstić information content (AvgIpc) is 2.77. The molecular weight excluding hydrogens is 232 g/mol. The Morgan fingerprint density at radius 1 is 1.16 bits per heavy atom. The van der Waals surface area contributed by atoms with E-state index in [4.69, 9.17) is 0 Å². The van der Waals surface area contributed by atoms with E-state index in [-0.39, 0.29) is 0 Å². The van der Waals surface area contributed by atoms with Crippen LogP contribution in [-0.2, 0) is 6.42 Å². The molecule has 1 aromatic heterocycles. The molecule has 0 amide bonds. The van der Waals surface area contributed by atoms with E-state index >= 15 is 0 Å². The third kappa shape index (κ3) is 1.99. The maximum atomic E-state index is 4.55. The predicted molar refractivity (Wildman–Crippen MR) is 82.0 cm³/mol. The van der Waals surface area contributed by atoms with E-state index in [1.807, 2.05) is 6.20 Å². The van der Waals surface area contributed by atoms with Gasteiger partial charge in [-0.3, -0.25) is 4.98 Å². The summed E-state index contributed by atoms with van der Waals surface area (Å²) in [4.78, 5) is 7.06. The highest BCUT2D eigenvalue weighted by Crippen LogP contribution is 2.35. The number of fused-ring (bicyclic) bond motifs is 2. The van der Waals surface area contributed by atoms with Gasteiger partial charge in [0.25, 0.3) is 0 Å². The smallest absolute Gasteiger partial charge is 0.0709 e. The van der Waals surface area contributed by atoms with E-state index < -0.39 is 0 Å². The van der Waals surface area contributed by atoms with Gasteiger partial charge >= 0.3 is 0 Å². The van der Waals surface area contributed by atoms with Gasteiger partial charge in [0.2, 0.25) is 0 Å². The van der Waals surface area contributed by atoms with Crippen LogP contribution in [0.25, 0.3) is 10.9 Å². The number of nitrogens with zero attached hydrogens (tertiary/aromatic N) is 2. The maximum absolute atomic E-state index is 4.55. The molecule has 19 heavy (non-hydrogen) atoms. The molecule has 0 aliphatic carbocycles. The largest absolute Gasteiger partial charge is 0.369 e. The summed E-state index contributed by atoms with van der Waals surface area (Å²) < 4.78 is 0. The summed E-state index contributed by atoms with van der Waals surface area (Å²) in [6.45, 7) is 10.2. The van der Waals surface area contributed by atoms with Gasteiger partial charge in [-0.15, -0.1) is 0 Å². The van der Waals surface area contributed by atoms with Gasteiger partial charge in [-0.1, -0.05) is 13.8 Å². The Labute approximate surface area is 115 Å². The van der Waals surface area contributed by atoms with Crippen LogP contribution in [0, 0.1) is 0 Å². The fourth-order valence-electron chi connectivity index (χ4n) is 3.11. The molecule has 1 aromatic carbocycles. The minimum absolute atomic E-state index is 0.539. The molecular formula is C17H22N2. The lowest BCUT2D eigenvalue weighted by Crippen LogP contribution is -2.28. The predicted octanol–water partition coefficient (Wildman–Crippen LogP) is 4.13. The molecule has 2 heteroatoms. The molecule has 3 rings (SSSR count). The lowest BCUT2D eigenvalue weighted by Gasteiger charge is -2.24. The highest BCUT2D eigenvalue weighted by molar-refractivity contribution is 5.88. The molecule has 0 saturated carbocycles. The van der Waals surface area contributed by atoms with Crippen molar-refractivity contribution < 1.29 is 0 Å². The van der Waals surface area contributed by atoms with Crippen LogP contribution in [0.2, 0.25) is 0 Å². The average molecular weight is 254 g/mol. The summed E-state index contributed by atoms with van der Waals surface area (Å²) in [5, 5.41) is 1.32. The Balaban J connectivity index is 2.22. The zero-order chi connectivity index (χ0) is 13.6. The molecule has 0 atom stereocenters. The molecule has 0 spiro atoms. The van der Waals surface area contributed by atoms with Gasteiger partial charge in [0.15, 0.2) is 0 Å². The molecule has 0 saturated heterocycles. The lowest BCUT2D eigenvalue weighted by molar-refractivity contribution is 0.710. The number of aromatic nitrogens is 1. The Bertz CT molecular complexity index is 614. The van der Waals surface area contributed by atoms with Gasteiger partial charge in [-0.05, 0) is 55.5 Å². The highest BCUT2D eigenvalue weighted by atomic mass is 15.2. The standard InChI is InChI=1S/C17H22N2/c1-11(2)14-5-7-18-16-9-13-6-8-19(12(3)4)17(13)10-15(14)16/h5,7,9-12H,6,8H2,1-4H3. The fourth-order valence-corrected chi connectivity index (χ4v) is 3.11. The molecule has 100 valence electrons. The van der Waals surface area contributed by atoms with Gasteiger partial charge in [-0.25, -0.2) is 0 Å². The van der Waals surface area contributed by atoms with E-state index in [2.05, 4.69) is 55.8 Å². The molecule has 2 nitrogen and oxygen atoms in total. The first-order valence-corrected chi connectivity index (χ1v) is 7.26. The van der Waals surface area contributed by atoms with E-state index in [0.29, 0.717) is 12.0 Å². The second-order valence-corrected chi connectivity index (χ2v) is 6.09. The molecule has 1 aliphatic heterocycles. The van der Waals surface area contributed by atoms with Crippen molar-refractivity contribution in [3.8, 4) is 0 Å². The van der Waals surface area contributed by atoms with E-state index in [9.17, 15) is 0 Å². The van der Waals surface area contributed by atoms with E-state index in [1.165, 1.54) is 22.2 Å². The number of hydrogen-bond acceptors (Lipinski definition) is 2. The topological polar surface area (TPSA) is 16.1 Å². The summed E-state index contributed by atoms with van der Waals surface area (Å²) in [6.07, 6.45) is 3.09. The van der Waals surface area contributed by atoms with Crippen LogP contribution in [0.1, 0.15) is 44.7 Å². The van der Waals surface area contributed by atoms with Crippen molar-refractivity contribution in [2.45, 2.75) is 46.1 Å². The first kappa shape index (κ1) is 12.5. The lowest BCUT2D eigenvalue weighted by atomic mass is 9.97. The second-order valence-electron chi connectivity index (χ2n) is 6.09. The minimum Gasteiger partial charge on any atom is -0.369 e. The Morgan fingerprint density at radius 3 is 2.63 bits per heavy atom. The van der Waals surface area contributed by atoms with E-state index in [0.717, 1.165) is 18.5 Å². The Hall–Kier alpha value is -1.57. The van der Waals surface area contributed by atoms with Crippen LogP contribution in [0.5, 0.6) is 0 Å². The van der Waals surface area contributed by atoms with Crippen molar-refractivity contribution in [1.29, 1.82) is 0 Å². The molecule has 0 bridgehead atoms. The third-order valence-electron chi connectivity index (χ3n) is 4.15. The maximum Gasteiger partial charge on any atom is 0.0709 e. The van der Waals surface area contributed by atoms with Crippen LogP contribution >= 0.6 is 0 Å². The quantitative estimate of drug-likeness (QED) is 0.801. The van der Waals surface area contributed by atoms with Crippen LogP contribution in [0.15, 0.2) is 24.4 Å². The van der Waals surface area contributed by atoms with Gasteiger partial charge in [-0.2, -0.15) is 0 Å². The van der Waals surface area contributed by atoms with Crippen molar-refractivity contribution in [2.24, 2.45) is 0 Å². The first-order valence-electron chi connectivity index (χ1n) is 7.26. The fraction of sp³-hybridized carbons (Fsp3) is 0.471. The van der Waals surface area contributed by atoms with Crippen LogP contribution in [0.3, 0.4) is 0 Å². The van der Waals surface area contributed by atoms with Crippen LogP contribution < -0.4 is 4.90 Å². The normalized spacial score (nSPS) is 14.7. The molecule has 2 aromatic rings. The van der Waals surface area contributed by atoms with Crippen LogP contribution in [-0.4, -0.2) is 17.6 Å². The summed E-state index contributed by atoms with van der Waals surface area (Å²) in [5.41, 5.74) is 5.42. The molecule has 2 heterocycles. The molecule has 0 N–H and O–H groups in total. The zero-order valence-electron chi connectivity index (χ0n) is 12.3. The number of pyridine rings is 1. The van der Waals surface area contributed by atoms with Gasteiger partial charge < -0.3 is 4.90 Å². The van der Waals surface area contributed by atoms with Crippen molar-refractivity contribution in [3.05, 3.63) is 35.5 Å². The van der Waals surface area contributed by atoms with Gasteiger partial charge in [0.05, 0.1) is 5.52 Å². The van der Waals surface area contributed by atoms with E-state index in [1.54, 1.807) is 0 Å². The third-order valence-corrected chi connectivity index (χ3v) is 4.15. The summed E-state index contributed by atoms with van der Waals surface area (Å²) in [5.74, 6) is 0.539. The highest BCUT2D eigenvalue weighted by Gasteiger charge is 2.22. The number of benzene rings is 1. The molecule has 1 aliphatic rings. The molecule has 0 unspecified atom stereocenters. The summed E-state index contributed by atoms with van der Waals surface area (Å²) >= 11 is 0. The van der Waals surface area contributed by atoms with Crippen molar-refractivity contribution in [1.82, 2.24) is 4.98 Å². The van der Waals surface area contributed by atoms with Crippen molar-refractivity contribution in [2.75, 3.05) is 11.4 Å². The molecule has 0 radical (unpaired) electrons.